The summed E-state index contributed by atoms with van der Waals surface area (Å²) in [5, 5.41) is 40.8. The maximum atomic E-state index is 14.2. The van der Waals surface area contributed by atoms with E-state index in [9.17, 15) is 19.8 Å². The average Bonchev–Trinajstić information content (AvgIpc) is 4.06. The van der Waals surface area contributed by atoms with Crippen LogP contribution in [0.25, 0.3) is 21.7 Å². The van der Waals surface area contributed by atoms with Crippen molar-refractivity contribution in [1.29, 1.82) is 0 Å². The summed E-state index contributed by atoms with van der Waals surface area (Å²) in [6.45, 7) is 16.9. The molecule has 0 bridgehead atoms. The number of amides is 2. The second kappa shape index (κ2) is 19.1. The van der Waals surface area contributed by atoms with Crippen LogP contribution in [-0.2, 0) is 9.59 Å². The number of anilines is 2. The number of fused-ring (bicyclic) bond motifs is 3. The molecule has 0 spiro atoms. The number of benzene rings is 2. The molecule has 0 radical (unpaired) electrons. The Morgan fingerprint density at radius 1 is 1.03 bits per heavy atom. The number of nitrogens with zero attached hydrogens (tertiary/aromatic N) is 8. The van der Waals surface area contributed by atoms with Gasteiger partial charge in [0, 0.05) is 69.9 Å². The minimum absolute atomic E-state index is 0.0604. The third-order valence-corrected chi connectivity index (χ3v) is 14.7. The summed E-state index contributed by atoms with van der Waals surface area (Å²) in [5.41, 5.74) is 7.20. The summed E-state index contributed by atoms with van der Waals surface area (Å²) in [5.74, 6) is 0.678. The Morgan fingerprint density at radius 3 is 2.60 bits per heavy atom. The lowest BCUT2D eigenvalue weighted by molar-refractivity contribution is -0.141. The number of thiazole rings is 1. The van der Waals surface area contributed by atoms with Crippen LogP contribution in [0.3, 0.4) is 0 Å². The Balaban J connectivity index is 0.753. The number of para-hydroxylation sites is 1. The number of carbonyl (C=O) groups excluding carboxylic acids is 2. The molecule has 4 aliphatic heterocycles. The molecular weight excluding hydrogens is 845 g/mol. The lowest BCUT2D eigenvalue weighted by atomic mass is 9.91. The lowest BCUT2D eigenvalue weighted by Gasteiger charge is -2.50. The number of phenolic OH excluding ortho intramolecular Hbond substituents is 1. The van der Waals surface area contributed by atoms with Crippen LogP contribution in [0.15, 0.2) is 70.7 Å². The van der Waals surface area contributed by atoms with Crippen LogP contribution in [0.4, 0.5) is 11.5 Å². The predicted molar refractivity (Wildman–Crippen MR) is 249 cm³/mol. The SMILES string of the molecule is Cc1ncsc1-c1ccc([C@H](C)NC(=O)[C@@H]2C[C@@H](O)CN2C(=O)[C@@H](c2cc(OCCN3CC[C@H](N4CCN5c6cc(-c7ccccc7O)nnc6NC[C@@H]5C4)[C@H](C)C3)no2)C(C)C)cc1. The summed E-state index contributed by atoms with van der Waals surface area (Å²) in [6, 6.07) is 18.7. The first-order valence-corrected chi connectivity index (χ1v) is 23.8. The first-order valence-electron chi connectivity index (χ1n) is 22.9. The highest BCUT2D eigenvalue weighted by molar-refractivity contribution is 7.13. The van der Waals surface area contributed by atoms with E-state index in [1.807, 2.05) is 75.7 Å². The van der Waals surface area contributed by atoms with E-state index in [2.05, 4.69) is 52.6 Å². The fourth-order valence-electron chi connectivity index (χ4n) is 10.3. The molecule has 7 atom stereocenters. The number of phenols is 1. The molecule has 0 saturated carbocycles. The molecule has 65 heavy (non-hydrogen) atoms. The smallest absolute Gasteiger partial charge is 0.254 e. The Labute approximate surface area is 384 Å². The molecule has 16 nitrogen and oxygen atoms in total. The maximum Gasteiger partial charge on any atom is 0.254 e. The van der Waals surface area contributed by atoms with Crippen LogP contribution in [0.5, 0.6) is 11.6 Å². The Morgan fingerprint density at radius 2 is 1.85 bits per heavy atom. The molecule has 3 fully saturated rings. The molecule has 2 aromatic carbocycles. The number of aromatic nitrogens is 4. The van der Waals surface area contributed by atoms with Gasteiger partial charge in [-0.1, -0.05) is 57.2 Å². The monoisotopic (exact) mass is 904 g/mol. The van der Waals surface area contributed by atoms with Crippen LogP contribution in [0, 0.1) is 18.8 Å². The quantitative estimate of drug-likeness (QED) is 0.115. The molecule has 0 unspecified atom stereocenters. The van der Waals surface area contributed by atoms with Crippen LogP contribution >= 0.6 is 11.3 Å². The minimum atomic E-state index is -0.821. The van der Waals surface area contributed by atoms with Gasteiger partial charge in [-0.3, -0.25) is 19.4 Å². The average molecular weight is 905 g/mol. The van der Waals surface area contributed by atoms with E-state index >= 15 is 0 Å². The number of likely N-dealkylation sites (tertiary alicyclic amines) is 2. The van der Waals surface area contributed by atoms with E-state index < -0.39 is 18.1 Å². The van der Waals surface area contributed by atoms with Crippen molar-refractivity contribution in [3.63, 3.8) is 0 Å². The number of rotatable bonds is 13. The third kappa shape index (κ3) is 9.42. The fourth-order valence-corrected chi connectivity index (χ4v) is 11.1. The highest BCUT2D eigenvalue weighted by Gasteiger charge is 2.44. The normalized spacial score (nSPS) is 23.4. The molecule has 4 aliphatic rings. The van der Waals surface area contributed by atoms with E-state index in [1.54, 1.807) is 29.5 Å². The van der Waals surface area contributed by atoms with Gasteiger partial charge in [-0.05, 0) is 73.1 Å². The van der Waals surface area contributed by atoms with Crippen molar-refractivity contribution in [2.45, 2.75) is 83.6 Å². The Bertz CT molecular complexity index is 2460. The second-order valence-corrected chi connectivity index (χ2v) is 19.3. The second-order valence-electron chi connectivity index (χ2n) is 18.5. The number of aliphatic hydroxyl groups is 1. The number of piperidine rings is 1. The number of ether oxygens (including phenoxy) is 1. The molecule has 5 aromatic rings. The molecule has 0 aliphatic carbocycles. The molecule has 3 saturated heterocycles. The zero-order valence-electron chi connectivity index (χ0n) is 37.8. The molecule has 3 aromatic heterocycles. The van der Waals surface area contributed by atoms with Gasteiger partial charge in [0.2, 0.25) is 11.8 Å². The number of aromatic hydroxyl groups is 1. The fraction of sp³-hybridized carbons (Fsp3) is 0.500. The first kappa shape index (κ1) is 44.6. The van der Waals surface area contributed by atoms with Gasteiger partial charge in [0.15, 0.2) is 11.6 Å². The van der Waals surface area contributed by atoms with Crippen molar-refractivity contribution in [2.24, 2.45) is 11.8 Å². The van der Waals surface area contributed by atoms with Crippen molar-refractivity contribution < 1.29 is 29.1 Å². The van der Waals surface area contributed by atoms with Crippen LogP contribution in [0.2, 0.25) is 0 Å². The van der Waals surface area contributed by atoms with Gasteiger partial charge in [0.1, 0.15) is 24.3 Å². The minimum Gasteiger partial charge on any atom is -0.507 e. The van der Waals surface area contributed by atoms with E-state index in [1.165, 1.54) is 4.90 Å². The number of β-amino-alcohol motifs (C(OH)–C–C–N with tert-alkyl or cyclic N) is 1. The van der Waals surface area contributed by atoms with Crippen molar-refractivity contribution in [2.75, 3.05) is 69.2 Å². The van der Waals surface area contributed by atoms with Gasteiger partial charge >= 0.3 is 0 Å². The third-order valence-electron chi connectivity index (χ3n) is 13.7. The number of carbonyl (C=O) groups is 2. The largest absolute Gasteiger partial charge is 0.507 e. The number of hydrogen-bond acceptors (Lipinski definition) is 15. The van der Waals surface area contributed by atoms with Gasteiger partial charge in [0.25, 0.3) is 5.88 Å². The van der Waals surface area contributed by atoms with Gasteiger partial charge in [0.05, 0.1) is 45.7 Å². The summed E-state index contributed by atoms with van der Waals surface area (Å²) < 4.78 is 11.9. The molecule has 17 heteroatoms. The van der Waals surface area contributed by atoms with E-state index in [-0.39, 0.29) is 42.5 Å². The predicted octanol–water partition coefficient (Wildman–Crippen LogP) is 5.55. The summed E-state index contributed by atoms with van der Waals surface area (Å²) >= 11 is 1.59. The topological polar surface area (TPSA) is 186 Å². The first-order chi connectivity index (χ1) is 31.4. The molecule has 2 amide bonds. The van der Waals surface area contributed by atoms with Gasteiger partial charge in [-0.15, -0.1) is 21.5 Å². The van der Waals surface area contributed by atoms with E-state index in [0.29, 0.717) is 47.5 Å². The zero-order chi connectivity index (χ0) is 45.4. The number of aliphatic hydroxyl groups excluding tert-OH is 1. The van der Waals surface area contributed by atoms with Crippen LogP contribution in [-0.4, -0.2) is 140 Å². The molecular formula is C48H60N10O6S. The molecule has 4 N–H and O–H groups in total. The summed E-state index contributed by atoms with van der Waals surface area (Å²) in [7, 11) is 0. The lowest BCUT2D eigenvalue weighted by Crippen LogP contribution is -2.62. The van der Waals surface area contributed by atoms with E-state index in [0.717, 1.165) is 85.4 Å². The number of nitrogens with one attached hydrogen (secondary N) is 2. The van der Waals surface area contributed by atoms with Crippen molar-refractivity contribution in [3.8, 4) is 33.3 Å². The van der Waals surface area contributed by atoms with Crippen LogP contribution < -0.4 is 20.3 Å². The van der Waals surface area contributed by atoms with Crippen molar-refractivity contribution in [3.05, 3.63) is 83.2 Å². The molecule has 7 heterocycles. The van der Waals surface area contributed by atoms with Crippen molar-refractivity contribution >= 4 is 34.7 Å². The summed E-state index contributed by atoms with van der Waals surface area (Å²) in [6.07, 6.45) is 0.404. The zero-order valence-corrected chi connectivity index (χ0v) is 38.6. The standard InChI is InChI=1S/C48H60N10O6S/c1-28(2)44(48(62)58-26-35(59)20-40(58)47(61)51-30(4)32-10-12-33(13-11-32)45-31(5)50-27-65-45)42-22-43(54-64-42)63-19-18-55-15-14-38(29(3)24-55)56-16-17-57-34(25-56)23-49-46-39(57)21-37(52-53-46)36-8-6-7-9-41(36)60/h6-13,21-22,27-30,34-35,38,40,44,59-60H,14-20,23-26H2,1-5H3,(H,49,53)(H,51,61)/t29-,30+,34-,35-,38+,40+,44-/m1/s1. The number of hydrogen-bond donors (Lipinski definition) is 4. The molecule has 344 valence electrons. The van der Waals surface area contributed by atoms with Gasteiger partial charge in [-0.25, -0.2) is 4.98 Å². The number of piperazine rings is 1. The van der Waals surface area contributed by atoms with E-state index in [4.69, 9.17) is 9.26 Å². The molecule has 9 rings (SSSR count). The van der Waals surface area contributed by atoms with Crippen molar-refractivity contribution in [1.82, 2.24) is 40.4 Å². The van der Waals surface area contributed by atoms with Gasteiger partial charge in [-0.2, -0.15) is 0 Å². The highest BCUT2D eigenvalue weighted by atomic mass is 32.1. The Kier molecular flexibility index (Phi) is 13.1. The Hall–Kier alpha value is -5.62. The maximum absolute atomic E-state index is 14.2. The summed E-state index contributed by atoms with van der Waals surface area (Å²) in [4.78, 5) is 42.5. The van der Waals surface area contributed by atoms with Gasteiger partial charge < -0.3 is 39.9 Å². The van der Waals surface area contributed by atoms with Crippen LogP contribution in [0.1, 0.15) is 69.5 Å². The number of aryl methyl sites for hydroxylation is 1. The highest BCUT2D eigenvalue weighted by Crippen LogP contribution is 2.38.